The molecular weight excluding hydrogens is 929 g/mol. The zero-order valence-electron chi connectivity index (χ0n) is 46.6. The average Bonchev–Trinajstić information content (AvgIpc) is 3.80. The van der Waals surface area contributed by atoms with Crippen molar-refractivity contribution >= 4 is 41.3 Å². The van der Waals surface area contributed by atoms with Gasteiger partial charge in [0.15, 0.2) is 22.4 Å². The highest BCUT2D eigenvalue weighted by atomic mass is 28.4. The Bertz CT molecular complexity index is 1980. The lowest BCUT2D eigenvalue weighted by atomic mass is 9.77. The van der Waals surface area contributed by atoms with Crippen LogP contribution in [-0.2, 0) is 46.5 Å². The van der Waals surface area contributed by atoms with Gasteiger partial charge in [0.05, 0.1) is 81.2 Å². The molecule has 12 atom stereocenters. The minimum Gasteiger partial charge on any atom is -0.469 e. The third-order valence-electron chi connectivity index (χ3n) is 17.1. The minimum absolute atomic E-state index is 0.0112. The Labute approximate surface area is 427 Å². The quantitative estimate of drug-likeness (QED) is 0.0865. The second kappa shape index (κ2) is 22.1. The fourth-order valence-electron chi connectivity index (χ4n) is 11.1. The largest absolute Gasteiger partial charge is 0.469 e. The lowest BCUT2D eigenvalue weighted by Gasteiger charge is -2.53. The van der Waals surface area contributed by atoms with Crippen molar-refractivity contribution in [1.29, 1.82) is 0 Å². The number of esters is 1. The predicted molar refractivity (Wildman–Crippen MR) is 289 cm³/mol. The van der Waals surface area contributed by atoms with Crippen LogP contribution in [0, 0.1) is 17.8 Å². The van der Waals surface area contributed by atoms with Gasteiger partial charge in [0, 0.05) is 18.8 Å². The van der Waals surface area contributed by atoms with E-state index in [1.807, 2.05) is 13.8 Å². The van der Waals surface area contributed by atoms with Crippen molar-refractivity contribution in [3.05, 3.63) is 72.8 Å². The van der Waals surface area contributed by atoms with Crippen LogP contribution in [0.2, 0.25) is 41.3 Å². The van der Waals surface area contributed by atoms with Gasteiger partial charge in [0.1, 0.15) is 0 Å². The van der Waals surface area contributed by atoms with E-state index in [1.54, 1.807) is 0 Å². The van der Waals surface area contributed by atoms with Crippen molar-refractivity contribution in [2.75, 3.05) is 20.3 Å². The molecule has 2 aromatic rings. The van der Waals surface area contributed by atoms with Gasteiger partial charge < -0.3 is 41.7 Å². The van der Waals surface area contributed by atoms with Crippen LogP contribution in [0.25, 0.3) is 0 Å². The second-order valence-corrected chi connectivity index (χ2v) is 39.7. The molecule has 4 fully saturated rings. The number of benzene rings is 2. The highest BCUT2D eigenvalue weighted by molar-refractivity contribution is 6.99. The summed E-state index contributed by atoms with van der Waals surface area (Å²) in [5.74, 6) is -1.37. The van der Waals surface area contributed by atoms with E-state index < -0.39 is 42.8 Å². The zero-order chi connectivity index (χ0) is 51.8. The highest BCUT2D eigenvalue weighted by Crippen LogP contribution is 2.47. The van der Waals surface area contributed by atoms with E-state index in [-0.39, 0.29) is 81.8 Å². The Morgan fingerprint density at radius 2 is 1.23 bits per heavy atom. The molecule has 0 aromatic heterocycles. The van der Waals surface area contributed by atoms with Gasteiger partial charge in [-0.05, 0) is 103 Å². The molecule has 70 heavy (non-hydrogen) atoms. The lowest BCUT2D eigenvalue weighted by molar-refractivity contribution is -0.218. The van der Waals surface area contributed by atoms with Crippen LogP contribution < -0.4 is 10.4 Å². The van der Waals surface area contributed by atoms with Crippen molar-refractivity contribution < 1.29 is 46.5 Å². The lowest BCUT2D eigenvalue weighted by Crippen LogP contribution is -2.67. The number of carbonyl (C=O) groups is 1. The topological polar surface area (TPSA) is 100 Å². The van der Waals surface area contributed by atoms with Crippen LogP contribution in [0.15, 0.2) is 72.8 Å². The Morgan fingerprint density at radius 1 is 0.700 bits per heavy atom. The Hall–Kier alpha value is -2.02. The molecular formula is C57H94O10Si3. The summed E-state index contributed by atoms with van der Waals surface area (Å²) in [5, 5.41) is 2.33. The number of hydrogen-bond donors (Lipinski definition) is 0. The average molecular weight is 1020 g/mol. The van der Waals surface area contributed by atoms with E-state index >= 15 is 0 Å². The Balaban J connectivity index is 1.23. The molecule has 0 radical (unpaired) electrons. The van der Waals surface area contributed by atoms with Crippen molar-refractivity contribution in [3.8, 4) is 0 Å². The van der Waals surface area contributed by atoms with E-state index in [9.17, 15) is 4.79 Å². The van der Waals surface area contributed by atoms with Crippen LogP contribution in [0.1, 0.15) is 129 Å². The maximum absolute atomic E-state index is 13.9. The first-order valence-corrected chi connectivity index (χ1v) is 34.3. The van der Waals surface area contributed by atoms with Crippen LogP contribution in [0.4, 0.5) is 0 Å². The first kappa shape index (κ1) is 57.3. The van der Waals surface area contributed by atoms with Gasteiger partial charge in [0.25, 0.3) is 8.32 Å². The molecule has 0 spiro atoms. The number of carbonyl (C=O) groups excluding carboxylic acids is 1. The fourth-order valence-corrected chi connectivity index (χ4v) is 18.5. The van der Waals surface area contributed by atoms with Gasteiger partial charge in [-0.25, -0.2) is 0 Å². The van der Waals surface area contributed by atoms with E-state index in [2.05, 4.69) is 170 Å². The molecule has 0 N–H and O–H groups in total. The fraction of sp³-hybridized carbons (Fsp3) is 0.737. The molecule has 1 unspecified atom stereocenters. The molecule has 0 amide bonds. The van der Waals surface area contributed by atoms with Gasteiger partial charge in [-0.1, -0.05) is 143 Å². The Morgan fingerprint density at radius 3 is 1.70 bits per heavy atom. The summed E-state index contributed by atoms with van der Waals surface area (Å²) in [6.07, 6.45) is 2.04. The standard InChI is InChI=1S/C57H94O10Si3/c1-38-32-42(37-61-70(56(10,11)12,44-26-22-20-23-27-44)45-28-24-21-25-29-45)63-46(38)31-30-41-33-39(2)50(53(58)59-15)47(62-41)35-49-52(67-69(18,19)55(7,8)9)40(3)51(66-68(16,17)54(4,5)6)48(64-49)34-43-36-60-57(13,14)65-43/h20-29,39-43,46-52H,1,30-37H2,2-19H3/t39-,40+,41+,42-,43-,46+,47-,48+,49+,50?,51+,52-/m1/s1. The van der Waals surface area contributed by atoms with Crippen LogP contribution >= 0.6 is 0 Å². The SMILES string of the molecule is C=C1C[C@H](CO[Si](c2ccccc2)(c2ccccc2)C(C)(C)C)O[C@H]1CC[C@H]1C[C@@H](C)C(C(=O)OC)[C@@H](C[C@@H]2O[C@@H](C[C@@H]3COC(C)(C)O3)[C@@H](O[Si](C)(C)C(C)(C)C)[C@H](C)[C@H]2O[Si](C)(C)C(C)(C)C)O1. The van der Waals surface area contributed by atoms with Gasteiger partial charge in [-0.3, -0.25) is 4.79 Å². The van der Waals surface area contributed by atoms with E-state index in [0.717, 1.165) is 31.3 Å². The molecule has 4 heterocycles. The zero-order valence-corrected chi connectivity index (χ0v) is 49.6. The van der Waals surface area contributed by atoms with Crippen molar-refractivity contribution in [2.24, 2.45) is 17.8 Å². The molecule has 2 aromatic carbocycles. The Kier molecular flexibility index (Phi) is 18.0. The summed E-state index contributed by atoms with van der Waals surface area (Å²) >= 11 is 0. The number of ether oxygens (including phenoxy) is 6. The third kappa shape index (κ3) is 12.9. The van der Waals surface area contributed by atoms with Gasteiger partial charge in [-0.15, -0.1) is 0 Å². The number of rotatable bonds is 17. The summed E-state index contributed by atoms with van der Waals surface area (Å²) in [5.41, 5.74) is 1.10. The molecule has 0 aliphatic carbocycles. The van der Waals surface area contributed by atoms with Gasteiger partial charge in [0.2, 0.25) is 0 Å². The minimum atomic E-state index is -2.74. The van der Waals surface area contributed by atoms with E-state index in [4.69, 9.17) is 41.7 Å². The molecule has 0 bridgehead atoms. The summed E-state index contributed by atoms with van der Waals surface area (Å²) in [4.78, 5) is 13.9. The van der Waals surface area contributed by atoms with Crippen molar-refractivity contribution in [3.63, 3.8) is 0 Å². The monoisotopic (exact) mass is 1020 g/mol. The first-order valence-electron chi connectivity index (χ1n) is 26.5. The smallest absolute Gasteiger partial charge is 0.311 e. The molecule has 4 aliphatic heterocycles. The van der Waals surface area contributed by atoms with Crippen LogP contribution in [0.5, 0.6) is 0 Å². The molecule has 394 valence electrons. The molecule has 10 nitrogen and oxygen atoms in total. The molecule has 4 saturated heterocycles. The normalized spacial score (nSPS) is 31.5. The number of hydrogen-bond acceptors (Lipinski definition) is 10. The van der Waals surface area contributed by atoms with Gasteiger partial charge in [-0.2, -0.15) is 0 Å². The molecule has 13 heteroatoms. The summed E-state index contributed by atoms with van der Waals surface area (Å²) in [6, 6.07) is 21.6. The van der Waals surface area contributed by atoms with E-state index in [1.165, 1.54) is 17.5 Å². The molecule has 0 saturated carbocycles. The predicted octanol–water partition coefficient (Wildman–Crippen LogP) is 11.8. The highest BCUT2D eigenvalue weighted by Gasteiger charge is 2.55. The van der Waals surface area contributed by atoms with Crippen LogP contribution in [-0.4, -0.2) is 112 Å². The number of methoxy groups -OCH3 is 1. The summed E-state index contributed by atoms with van der Waals surface area (Å²) in [7, 11) is -5.88. The second-order valence-electron chi connectivity index (χ2n) is 25.9. The summed E-state index contributed by atoms with van der Waals surface area (Å²) in [6.45, 7) is 43.8. The molecule has 4 aliphatic rings. The maximum Gasteiger partial charge on any atom is 0.311 e. The maximum atomic E-state index is 13.9. The third-order valence-corrected chi connectivity index (χ3v) is 31.0. The first-order chi connectivity index (χ1) is 32.4. The van der Waals surface area contributed by atoms with Crippen molar-refractivity contribution in [1.82, 2.24) is 0 Å². The van der Waals surface area contributed by atoms with Gasteiger partial charge >= 0.3 is 5.97 Å². The summed E-state index contributed by atoms with van der Waals surface area (Å²) < 4.78 is 61.8. The molecule has 6 rings (SSSR count). The van der Waals surface area contributed by atoms with Crippen LogP contribution in [0.3, 0.4) is 0 Å². The van der Waals surface area contributed by atoms with Crippen molar-refractivity contribution in [2.45, 2.75) is 231 Å². The van der Waals surface area contributed by atoms with E-state index in [0.29, 0.717) is 26.1 Å².